The molecule has 2 aliphatic heterocycles. The Balaban J connectivity index is 1.41. The zero-order chi connectivity index (χ0) is 17.2. The monoisotopic (exact) mass is 341 g/mol. The SMILES string of the molecule is COc1ccc2cc(C(=O)N3CCC(N4CCCCC4)CC3)[nH]c2c1. The van der Waals surface area contributed by atoms with Gasteiger partial charge in [-0.25, -0.2) is 0 Å². The Labute approximate surface area is 148 Å². The number of carbonyl (C=O) groups excluding carboxylic acids is 1. The van der Waals surface area contributed by atoms with Gasteiger partial charge in [0, 0.05) is 36.1 Å². The second-order valence-corrected chi connectivity index (χ2v) is 7.26. The molecule has 25 heavy (non-hydrogen) atoms. The number of likely N-dealkylation sites (tertiary alicyclic amines) is 2. The lowest BCUT2D eigenvalue weighted by Gasteiger charge is -2.40. The number of hydrogen-bond acceptors (Lipinski definition) is 3. The van der Waals surface area contributed by atoms with Crippen molar-refractivity contribution >= 4 is 16.8 Å². The van der Waals surface area contributed by atoms with Gasteiger partial charge in [-0.2, -0.15) is 0 Å². The first-order chi connectivity index (χ1) is 12.2. The fraction of sp³-hybridized carbons (Fsp3) is 0.550. The Morgan fingerprint density at radius 1 is 1.08 bits per heavy atom. The molecular formula is C20H27N3O2. The minimum absolute atomic E-state index is 0.118. The summed E-state index contributed by atoms with van der Waals surface area (Å²) in [7, 11) is 1.66. The van der Waals surface area contributed by atoms with Crippen molar-refractivity contribution in [2.75, 3.05) is 33.3 Å². The number of H-pyrrole nitrogens is 1. The van der Waals surface area contributed by atoms with E-state index in [4.69, 9.17) is 4.74 Å². The van der Waals surface area contributed by atoms with E-state index in [0.717, 1.165) is 42.6 Å². The van der Waals surface area contributed by atoms with E-state index in [1.54, 1.807) is 7.11 Å². The second-order valence-electron chi connectivity index (χ2n) is 7.26. The number of hydrogen-bond donors (Lipinski definition) is 1. The predicted octanol–water partition coefficient (Wildman–Crippen LogP) is 3.27. The molecule has 1 aromatic carbocycles. The second kappa shape index (κ2) is 7.08. The van der Waals surface area contributed by atoms with Gasteiger partial charge in [0.05, 0.1) is 7.11 Å². The minimum atomic E-state index is 0.118. The number of nitrogens with zero attached hydrogens (tertiary/aromatic N) is 2. The molecule has 5 heteroatoms. The molecule has 2 aliphatic rings. The van der Waals surface area contributed by atoms with E-state index in [2.05, 4.69) is 9.88 Å². The van der Waals surface area contributed by atoms with Gasteiger partial charge in [-0.15, -0.1) is 0 Å². The maximum atomic E-state index is 12.9. The van der Waals surface area contributed by atoms with Crippen molar-refractivity contribution in [1.82, 2.24) is 14.8 Å². The molecule has 1 amide bonds. The molecule has 2 saturated heterocycles. The minimum Gasteiger partial charge on any atom is -0.497 e. The number of aromatic nitrogens is 1. The topological polar surface area (TPSA) is 48.6 Å². The van der Waals surface area contributed by atoms with Crippen molar-refractivity contribution < 1.29 is 9.53 Å². The zero-order valence-corrected chi connectivity index (χ0v) is 15.0. The van der Waals surface area contributed by atoms with E-state index in [-0.39, 0.29) is 5.91 Å². The highest BCUT2D eigenvalue weighted by Gasteiger charge is 2.28. The molecule has 5 nitrogen and oxygen atoms in total. The van der Waals surface area contributed by atoms with Gasteiger partial charge < -0.3 is 19.5 Å². The molecule has 0 aliphatic carbocycles. The molecule has 0 bridgehead atoms. The summed E-state index contributed by atoms with van der Waals surface area (Å²) in [5.41, 5.74) is 1.63. The van der Waals surface area contributed by atoms with Crippen LogP contribution < -0.4 is 4.74 Å². The first-order valence-electron chi connectivity index (χ1n) is 9.45. The Kier molecular flexibility index (Phi) is 4.66. The highest BCUT2D eigenvalue weighted by atomic mass is 16.5. The molecule has 0 atom stereocenters. The largest absolute Gasteiger partial charge is 0.497 e. The normalized spacial score (nSPS) is 20.1. The number of amides is 1. The summed E-state index contributed by atoms with van der Waals surface area (Å²) in [5, 5.41) is 1.05. The van der Waals surface area contributed by atoms with Gasteiger partial charge in [0.1, 0.15) is 11.4 Å². The molecule has 3 heterocycles. The third-order valence-electron chi connectivity index (χ3n) is 5.72. The lowest BCUT2D eigenvalue weighted by Crippen LogP contribution is -2.48. The molecule has 0 spiro atoms. The highest BCUT2D eigenvalue weighted by Crippen LogP contribution is 2.24. The standard InChI is InChI=1S/C20H27N3O2/c1-25-17-6-5-15-13-19(21-18(15)14-17)20(24)23-11-7-16(8-12-23)22-9-3-2-4-10-22/h5-6,13-14,16,21H,2-4,7-12H2,1H3. The lowest BCUT2D eigenvalue weighted by molar-refractivity contribution is 0.0585. The predicted molar refractivity (Wildman–Crippen MR) is 99.2 cm³/mol. The Bertz CT molecular complexity index is 740. The van der Waals surface area contributed by atoms with Crippen molar-refractivity contribution in [1.29, 1.82) is 0 Å². The van der Waals surface area contributed by atoms with Crippen molar-refractivity contribution in [2.45, 2.75) is 38.1 Å². The van der Waals surface area contributed by atoms with E-state index in [0.29, 0.717) is 11.7 Å². The molecule has 134 valence electrons. The first-order valence-corrected chi connectivity index (χ1v) is 9.45. The summed E-state index contributed by atoms with van der Waals surface area (Å²) >= 11 is 0. The highest BCUT2D eigenvalue weighted by molar-refractivity contribution is 5.98. The first kappa shape index (κ1) is 16.5. The van der Waals surface area contributed by atoms with Gasteiger partial charge in [0.15, 0.2) is 0 Å². The molecule has 1 N–H and O–H groups in total. The fourth-order valence-electron chi connectivity index (χ4n) is 4.24. The number of methoxy groups -OCH3 is 1. The zero-order valence-electron chi connectivity index (χ0n) is 15.0. The number of nitrogens with one attached hydrogen (secondary N) is 1. The lowest BCUT2D eigenvalue weighted by atomic mass is 10.00. The molecule has 0 radical (unpaired) electrons. The van der Waals surface area contributed by atoms with Gasteiger partial charge in [0.25, 0.3) is 5.91 Å². The van der Waals surface area contributed by atoms with Gasteiger partial charge in [-0.3, -0.25) is 4.79 Å². The molecule has 0 saturated carbocycles. The third-order valence-corrected chi connectivity index (χ3v) is 5.72. The number of rotatable bonds is 3. The van der Waals surface area contributed by atoms with Crippen LogP contribution in [-0.4, -0.2) is 60.0 Å². The maximum absolute atomic E-state index is 12.9. The van der Waals surface area contributed by atoms with Crippen molar-refractivity contribution in [2.24, 2.45) is 0 Å². The number of fused-ring (bicyclic) bond motifs is 1. The summed E-state index contributed by atoms with van der Waals surface area (Å²) < 4.78 is 5.26. The van der Waals surface area contributed by atoms with E-state index in [1.165, 1.54) is 32.4 Å². The summed E-state index contributed by atoms with van der Waals surface area (Å²) in [6, 6.07) is 8.47. The Hall–Kier alpha value is -2.01. The van der Waals surface area contributed by atoms with Crippen molar-refractivity contribution in [3.05, 3.63) is 30.0 Å². The molecule has 4 rings (SSSR count). The third kappa shape index (κ3) is 3.38. The van der Waals surface area contributed by atoms with E-state index in [1.807, 2.05) is 29.2 Å². The van der Waals surface area contributed by atoms with Crippen LogP contribution in [-0.2, 0) is 0 Å². The number of ether oxygens (including phenoxy) is 1. The van der Waals surface area contributed by atoms with Crippen molar-refractivity contribution in [3.8, 4) is 5.75 Å². The molecule has 0 unspecified atom stereocenters. The quantitative estimate of drug-likeness (QED) is 0.932. The number of aromatic amines is 1. The summed E-state index contributed by atoms with van der Waals surface area (Å²) in [4.78, 5) is 20.8. The Morgan fingerprint density at radius 2 is 1.84 bits per heavy atom. The van der Waals surface area contributed by atoms with E-state index in [9.17, 15) is 4.79 Å². The van der Waals surface area contributed by atoms with Crippen LogP contribution in [0.2, 0.25) is 0 Å². The molecular weight excluding hydrogens is 314 g/mol. The average molecular weight is 341 g/mol. The van der Waals surface area contributed by atoms with Gasteiger partial charge >= 0.3 is 0 Å². The smallest absolute Gasteiger partial charge is 0.270 e. The molecule has 2 fully saturated rings. The number of benzene rings is 1. The van der Waals surface area contributed by atoms with Crippen LogP contribution in [0.3, 0.4) is 0 Å². The van der Waals surface area contributed by atoms with Crippen LogP contribution in [0.15, 0.2) is 24.3 Å². The van der Waals surface area contributed by atoms with Crippen LogP contribution in [0.25, 0.3) is 10.9 Å². The number of carbonyl (C=O) groups is 1. The van der Waals surface area contributed by atoms with Crippen LogP contribution in [0, 0.1) is 0 Å². The fourth-order valence-corrected chi connectivity index (χ4v) is 4.24. The summed E-state index contributed by atoms with van der Waals surface area (Å²) in [5.74, 6) is 0.919. The van der Waals surface area contributed by atoms with Crippen LogP contribution >= 0.6 is 0 Å². The van der Waals surface area contributed by atoms with Crippen LogP contribution in [0.5, 0.6) is 5.75 Å². The van der Waals surface area contributed by atoms with Gasteiger partial charge in [-0.05, 0) is 57.0 Å². The summed E-state index contributed by atoms with van der Waals surface area (Å²) in [6.45, 7) is 4.20. The maximum Gasteiger partial charge on any atom is 0.270 e. The summed E-state index contributed by atoms with van der Waals surface area (Å²) in [6.07, 6.45) is 6.23. The van der Waals surface area contributed by atoms with Crippen LogP contribution in [0.1, 0.15) is 42.6 Å². The van der Waals surface area contributed by atoms with E-state index < -0.39 is 0 Å². The van der Waals surface area contributed by atoms with Crippen molar-refractivity contribution in [3.63, 3.8) is 0 Å². The molecule has 2 aromatic rings. The average Bonchev–Trinajstić information content (AvgIpc) is 3.11. The van der Waals surface area contributed by atoms with Gasteiger partial charge in [-0.1, -0.05) is 6.42 Å². The van der Waals surface area contributed by atoms with Gasteiger partial charge in [0.2, 0.25) is 0 Å². The number of piperidine rings is 2. The van der Waals surface area contributed by atoms with Crippen LogP contribution in [0.4, 0.5) is 0 Å². The molecule has 1 aromatic heterocycles. The van der Waals surface area contributed by atoms with E-state index >= 15 is 0 Å². The Morgan fingerprint density at radius 3 is 2.56 bits per heavy atom.